The number of carbonyl (C=O) groups is 1. The minimum Gasteiger partial charge on any atom is -0.481 e. The zero-order valence-corrected chi connectivity index (χ0v) is 11.7. The van der Waals surface area contributed by atoms with Crippen LogP contribution < -0.4 is 0 Å². The maximum atomic E-state index is 10.6. The molecule has 1 N–H and O–H groups in total. The van der Waals surface area contributed by atoms with Crippen molar-refractivity contribution >= 4 is 5.97 Å². The van der Waals surface area contributed by atoms with Gasteiger partial charge in [0.05, 0.1) is 18.3 Å². The quantitative estimate of drug-likeness (QED) is 0.877. The molecular weight excluding hydrogens is 254 g/mol. The summed E-state index contributed by atoms with van der Waals surface area (Å²) in [4.78, 5) is 12.6. The van der Waals surface area contributed by atoms with E-state index in [0.29, 0.717) is 6.54 Å². The highest BCUT2D eigenvalue weighted by Crippen LogP contribution is 2.19. The molecule has 2 aromatic rings. The van der Waals surface area contributed by atoms with E-state index in [9.17, 15) is 4.79 Å². The number of carboxylic acids is 1. The van der Waals surface area contributed by atoms with Crippen molar-refractivity contribution in [3.05, 3.63) is 48.3 Å². The fourth-order valence-corrected chi connectivity index (χ4v) is 1.99. The first kappa shape index (κ1) is 14.3. The van der Waals surface area contributed by atoms with Crippen molar-refractivity contribution in [2.45, 2.75) is 19.4 Å². The van der Waals surface area contributed by atoms with Gasteiger partial charge in [-0.3, -0.25) is 9.69 Å². The van der Waals surface area contributed by atoms with Gasteiger partial charge in [0, 0.05) is 24.3 Å². The van der Waals surface area contributed by atoms with E-state index >= 15 is 0 Å². The first-order chi connectivity index (χ1) is 9.58. The Morgan fingerprint density at radius 2 is 2.10 bits per heavy atom. The average molecular weight is 273 g/mol. The van der Waals surface area contributed by atoms with Crippen molar-refractivity contribution in [3.8, 4) is 5.69 Å². The van der Waals surface area contributed by atoms with Crippen LogP contribution in [-0.4, -0.2) is 39.3 Å². The molecule has 1 aromatic heterocycles. The van der Waals surface area contributed by atoms with Gasteiger partial charge in [-0.2, -0.15) is 5.10 Å². The highest BCUT2D eigenvalue weighted by molar-refractivity contribution is 5.66. The number of benzene rings is 1. The molecule has 0 fully saturated rings. The molecule has 106 valence electrons. The average Bonchev–Trinajstić information content (AvgIpc) is 2.94. The van der Waals surface area contributed by atoms with E-state index in [-0.39, 0.29) is 12.5 Å². The Kier molecular flexibility index (Phi) is 4.53. The van der Waals surface area contributed by atoms with E-state index in [1.54, 1.807) is 0 Å². The monoisotopic (exact) mass is 273 g/mol. The number of hydrogen-bond donors (Lipinski definition) is 1. The van der Waals surface area contributed by atoms with Crippen molar-refractivity contribution in [2.75, 3.05) is 13.6 Å². The predicted molar refractivity (Wildman–Crippen MR) is 76.9 cm³/mol. The van der Waals surface area contributed by atoms with Gasteiger partial charge in [-0.25, -0.2) is 4.68 Å². The zero-order valence-electron chi connectivity index (χ0n) is 11.7. The minimum absolute atomic E-state index is 0.131. The number of aliphatic carboxylic acids is 1. The summed E-state index contributed by atoms with van der Waals surface area (Å²) >= 11 is 0. The molecule has 0 saturated heterocycles. The maximum Gasteiger partial charge on any atom is 0.304 e. The number of para-hydroxylation sites is 1. The molecule has 1 heterocycles. The third-order valence-corrected chi connectivity index (χ3v) is 3.45. The molecule has 0 saturated carbocycles. The number of nitrogens with zero attached hydrogens (tertiary/aromatic N) is 3. The van der Waals surface area contributed by atoms with Crippen LogP contribution in [0.2, 0.25) is 0 Å². The van der Waals surface area contributed by atoms with E-state index in [0.717, 1.165) is 11.3 Å². The summed E-state index contributed by atoms with van der Waals surface area (Å²) < 4.78 is 1.83. The lowest BCUT2D eigenvalue weighted by Crippen LogP contribution is -2.25. The Morgan fingerprint density at radius 3 is 2.75 bits per heavy atom. The molecular formula is C15H19N3O2. The Labute approximate surface area is 118 Å². The van der Waals surface area contributed by atoms with Crippen molar-refractivity contribution in [3.63, 3.8) is 0 Å². The van der Waals surface area contributed by atoms with Gasteiger partial charge in [-0.05, 0) is 26.1 Å². The number of rotatable bonds is 6. The van der Waals surface area contributed by atoms with Crippen LogP contribution in [0.3, 0.4) is 0 Å². The number of hydrogen-bond acceptors (Lipinski definition) is 3. The van der Waals surface area contributed by atoms with Crippen LogP contribution >= 0.6 is 0 Å². The standard InChI is InChI=1S/C15H19N3O2/c1-12(17(2)9-8-15(19)20)13-10-16-18(11-13)14-6-4-3-5-7-14/h3-7,10-12H,8-9H2,1-2H3,(H,19,20). The lowest BCUT2D eigenvalue weighted by molar-refractivity contribution is -0.137. The number of carboxylic acid groups (broad SMARTS) is 1. The van der Waals surface area contributed by atoms with E-state index < -0.39 is 5.97 Å². The van der Waals surface area contributed by atoms with Crippen molar-refractivity contribution in [1.29, 1.82) is 0 Å². The van der Waals surface area contributed by atoms with E-state index in [1.165, 1.54) is 0 Å². The van der Waals surface area contributed by atoms with Gasteiger partial charge in [0.1, 0.15) is 0 Å². The van der Waals surface area contributed by atoms with Crippen molar-refractivity contribution in [2.24, 2.45) is 0 Å². The van der Waals surface area contributed by atoms with E-state index in [4.69, 9.17) is 5.11 Å². The topological polar surface area (TPSA) is 58.4 Å². The van der Waals surface area contributed by atoms with Gasteiger partial charge in [0.25, 0.3) is 0 Å². The Morgan fingerprint density at radius 1 is 1.40 bits per heavy atom. The zero-order chi connectivity index (χ0) is 14.5. The number of aromatic nitrogens is 2. The van der Waals surface area contributed by atoms with Gasteiger partial charge >= 0.3 is 5.97 Å². The van der Waals surface area contributed by atoms with Gasteiger partial charge in [0.2, 0.25) is 0 Å². The molecule has 2 rings (SSSR count). The third kappa shape index (κ3) is 3.45. The first-order valence-electron chi connectivity index (χ1n) is 6.60. The van der Waals surface area contributed by atoms with Gasteiger partial charge < -0.3 is 5.11 Å². The predicted octanol–water partition coefficient (Wildman–Crippen LogP) is 2.34. The molecule has 0 bridgehead atoms. The summed E-state index contributed by atoms with van der Waals surface area (Å²) in [6.45, 7) is 2.57. The molecule has 0 aliphatic rings. The Bertz CT molecular complexity index is 566. The van der Waals surface area contributed by atoms with Crippen LogP contribution in [-0.2, 0) is 4.79 Å². The van der Waals surface area contributed by atoms with Crippen LogP contribution in [0.25, 0.3) is 5.69 Å². The second kappa shape index (κ2) is 6.34. The van der Waals surface area contributed by atoms with Gasteiger partial charge in [-0.15, -0.1) is 0 Å². The van der Waals surface area contributed by atoms with Crippen LogP contribution in [0.5, 0.6) is 0 Å². The lowest BCUT2D eigenvalue weighted by Gasteiger charge is -2.22. The highest BCUT2D eigenvalue weighted by Gasteiger charge is 2.14. The molecule has 5 heteroatoms. The Balaban J connectivity index is 2.06. The SMILES string of the molecule is CC(c1cnn(-c2ccccc2)c1)N(C)CCC(=O)O. The Hall–Kier alpha value is -2.14. The van der Waals surface area contributed by atoms with Crippen LogP contribution in [0.4, 0.5) is 0 Å². The van der Waals surface area contributed by atoms with Crippen molar-refractivity contribution < 1.29 is 9.90 Å². The highest BCUT2D eigenvalue weighted by atomic mass is 16.4. The summed E-state index contributed by atoms with van der Waals surface area (Å²) in [6.07, 6.45) is 3.96. The van der Waals surface area contributed by atoms with Crippen molar-refractivity contribution in [1.82, 2.24) is 14.7 Å². The molecule has 1 unspecified atom stereocenters. The van der Waals surface area contributed by atoms with E-state index in [2.05, 4.69) is 5.10 Å². The summed E-state index contributed by atoms with van der Waals surface area (Å²) in [5.41, 5.74) is 2.08. The minimum atomic E-state index is -0.774. The largest absolute Gasteiger partial charge is 0.481 e. The molecule has 20 heavy (non-hydrogen) atoms. The molecule has 0 radical (unpaired) electrons. The van der Waals surface area contributed by atoms with Gasteiger partial charge in [-0.1, -0.05) is 18.2 Å². The van der Waals surface area contributed by atoms with Crippen LogP contribution in [0.15, 0.2) is 42.7 Å². The molecule has 5 nitrogen and oxygen atoms in total. The first-order valence-corrected chi connectivity index (χ1v) is 6.60. The van der Waals surface area contributed by atoms with Crippen LogP contribution in [0.1, 0.15) is 24.9 Å². The smallest absolute Gasteiger partial charge is 0.304 e. The summed E-state index contributed by atoms with van der Waals surface area (Å²) in [6, 6.07) is 10.0. The van der Waals surface area contributed by atoms with Gasteiger partial charge in [0.15, 0.2) is 0 Å². The normalized spacial score (nSPS) is 12.6. The lowest BCUT2D eigenvalue weighted by atomic mass is 10.1. The molecule has 0 spiro atoms. The summed E-state index contributed by atoms with van der Waals surface area (Å²) in [7, 11) is 1.92. The molecule has 0 aliphatic carbocycles. The maximum absolute atomic E-state index is 10.6. The second-order valence-corrected chi connectivity index (χ2v) is 4.85. The van der Waals surface area contributed by atoms with Crippen LogP contribution in [0, 0.1) is 0 Å². The summed E-state index contributed by atoms with van der Waals surface area (Å²) in [5, 5.41) is 13.1. The second-order valence-electron chi connectivity index (χ2n) is 4.85. The molecule has 0 aliphatic heterocycles. The summed E-state index contributed by atoms with van der Waals surface area (Å²) in [5.74, 6) is -0.774. The molecule has 1 atom stereocenters. The fourth-order valence-electron chi connectivity index (χ4n) is 1.99. The third-order valence-electron chi connectivity index (χ3n) is 3.45. The molecule has 0 amide bonds. The van der Waals surface area contributed by atoms with E-state index in [1.807, 2.05) is 66.3 Å². The molecule has 1 aromatic carbocycles. The fraction of sp³-hybridized carbons (Fsp3) is 0.333.